The van der Waals surface area contributed by atoms with Crippen LogP contribution in [0.4, 0.5) is 0 Å². The predicted molar refractivity (Wildman–Crippen MR) is 67.1 cm³/mol. The molecule has 1 aromatic rings. The highest BCUT2D eigenvalue weighted by atomic mass is 32.2. The van der Waals surface area contributed by atoms with E-state index in [2.05, 4.69) is 0 Å². The third-order valence-corrected chi connectivity index (χ3v) is 3.79. The Bertz CT molecular complexity index is 447. The molecule has 0 bridgehead atoms. The van der Waals surface area contributed by atoms with Crippen LogP contribution in [0, 0.1) is 5.92 Å². The van der Waals surface area contributed by atoms with Crippen molar-refractivity contribution in [2.24, 2.45) is 5.92 Å². The van der Waals surface area contributed by atoms with Crippen molar-refractivity contribution >= 4 is 10.1 Å². The lowest BCUT2D eigenvalue weighted by Crippen LogP contribution is -2.17. The minimum absolute atomic E-state index is 0.311. The van der Waals surface area contributed by atoms with Crippen molar-refractivity contribution in [3.63, 3.8) is 0 Å². The molecule has 1 aromatic carbocycles. The molecular formula is C13H18O3S. The van der Waals surface area contributed by atoms with E-state index in [1.165, 1.54) is 12.8 Å². The Morgan fingerprint density at radius 2 is 1.76 bits per heavy atom. The first kappa shape index (κ1) is 12.6. The van der Waals surface area contributed by atoms with Crippen LogP contribution in [0.3, 0.4) is 0 Å². The molecule has 0 saturated heterocycles. The zero-order valence-corrected chi connectivity index (χ0v) is 10.8. The normalized spacial score (nSPS) is 19.4. The van der Waals surface area contributed by atoms with Gasteiger partial charge in [-0.3, -0.25) is 4.18 Å². The lowest BCUT2D eigenvalue weighted by Gasteiger charge is -2.22. The quantitative estimate of drug-likeness (QED) is 0.776. The molecule has 0 aromatic heterocycles. The maximum atomic E-state index is 11.3. The lowest BCUT2D eigenvalue weighted by molar-refractivity contribution is 0.146. The zero-order valence-electron chi connectivity index (χ0n) is 10.0. The minimum atomic E-state index is -3.41. The Balaban J connectivity index is 2.23. The summed E-state index contributed by atoms with van der Waals surface area (Å²) in [4.78, 5) is 0. The number of hydrogen-bond donors (Lipinski definition) is 0. The smallest absolute Gasteiger partial charge is 0.262 e. The molecule has 1 aliphatic rings. The highest BCUT2D eigenvalue weighted by Gasteiger charge is 2.29. The van der Waals surface area contributed by atoms with E-state index >= 15 is 0 Å². The Kier molecular flexibility index (Phi) is 3.84. The van der Waals surface area contributed by atoms with E-state index in [-0.39, 0.29) is 6.10 Å². The fourth-order valence-electron chi connectivity index (χ4n) is 2.50. The van der Waals surface area contributed by atoms with Gasteiger partial charge in [-0.1, -0.05) is 43.2 Å². The maximum Gasteiger partial charge on any atom is 0.264 e. The van der Waals surface area contributed by atoms with Gasteiger partial charge in [0.15, 0.2) is 0 Å². The Morgan fingerprint density at radius 1 is 1.18 bits per heavy atom. The van der Waals surface area contributed by atoms with Crippen LogP contribution in [0.5, 0.6) is 0 Å². The Morgan fingerprint density at radius 3 is 2.29 bits per heavy atom. The van der Waals surface area contributed by atoms with Crippen molar-refractivity contribution in [1.82, 2.24) is 0 Å². The molecule has 1 unspecified atom stereocenters. The SMILES string of the molecule is CS(=O)(=O)OC(c1ccccc1)C1CCCC1. The van der Waals surface area contributed by atoms with Crippen LogP contribution in [-0.4, -0.2) is 14.7 Å². The van der Waals surface area contributed by atoms with Crippen LogP contribution >= 0.6 is 0 Å². The third-order valence-electron chi connectivity index (χ3n) is 3.23. The largest absolute Gasteiger partial charge is 0.264 e. The summed E-state index contributed by atoms with van der Waals surface area (Å²) in [5.74, 6) is 0.326. The molecule has 2 rings (SSSR count). The fourth-order valence-corrected chi connectivity index (χ4v) is 3.14. The molecule has 0 radical (unpaired) electrons. The maximum absolute atomic E-state index is 11.3. The topological polar surface area (TPSA) is 43.4 Å². The van der Waals surface area contributed by atoms with Gasteiger partial charge in [-0.25, -0.2) is 0 Å². The first-order valence-electron chi connectivity index (χ1n) is 5.99. The molecule has 94 valence electrons. The molecule has 0 amide bonds. The van der Waals surface area contributed by atoms with Gasteiger partial charge in [0.1, 0.15) is 6.10 Å². The molecule has 3 nitrogen and oxygen atoms in total. The van der Waals surface area contributed by atoms with Crippen LogP contribution in [-0.2, 0) is 14.3 Å². The second-order valence-electron chi connectivity index (χ2n) is 4.68. The second kappa shape index (κ2) is 5.19. The van der Waals surface area contributed by atoms with Crippen molar-refractivity contribution in [3.8, 4) is 0 Å². The molecule has 17 heavy (non-hydrogen) atoms. The van der Waals surface area contributed by atoms with Gasteiger partial charge in [-0.05, 0) is 24.3 Å². The van der Waals surface area contributed by atoms with Crippen molar-refractivity contribution < 1.29 is 12.6 Å². The summed E-state index contributed by atoms with van der Waals surface area (Å²) >= 11 is 0. The molecule has 0 N–H and O–H groups in total. The molecular weight excluding hydrogens is 236 g/mol. The van der Waals surface area contributed by atoms with Gasteiger partial charge in [0.25, 0.3) is 10.1 Å². The van der Waals surface area contributed by atoms with Crippen LogP contribution in [0.1, 0.15) is 37.4 Å². The number of rotatable bonds is 4. The summed E-state index contributed by atoms with van der Waals surface area (Å²) < 4.78 is 28.0. The highest BCUT2D eigenvalue weighted by molar-refractivity contribution is 7.86. The van der Waals surface area contributed by atoms with E-state index in [0.29, 0.717) is 5.92 Å². The average Bonchev–Trinajstić information content (AvgIpc) is 2.79. The lowest BCUT2D eigenvalue weighted by atomic mass is 9.95. The van der Waals surface area contributed by atoms with E-state index < -0.39 is 10.1 Å². The minimum Gasteiger partial charge on any atom is -0.262 e. The summed E-state index contributed by atoms with van der Waals surface area (Å²) in [6, 6.07) is 9.64. The molecule has 0 heterocycles. The van der Waals surface area contributed by atoms with Gasteiger partial charge in [-0.15, -0.1) is 0 Å². The summed E-state index contributed by atoms with van der Waals surface area (Å²) in [5, 5.41) is 0. The molecule has 4 heteroatoms. The molecule has 1 atom stereocenters. The van der Waals surface area contributed by atoms with Gasteiger partial charge >= 0.3 is 0 Å². The van der Waals surface area contributed by atoms with Gasteiger partial charge in [-0.2, -0.15) is 8.42 Å². The van der Waals surface area contributed by atoms with E-state index in [1.54, 1.807) is 0 Å². The van der Waals surface area contributed by atoms with Crippen molar-refractivity contribution in [2.75, 3.05) is 6.26 Å². The third kappa shape index (κ3) is 3.54. The molecule has 1 saturated carbocycles. The zero-order chi connectivity index (χ0) is 12.3. The van der Waals surface area contributed by atoms with Crippen LogP contribution in [0.2, 0.25) is 0 Å². The Labute approximate surface area is 103 Å². The monoisotopic (exact) mass is 254 g/mol. The average molecular weight is 254 g/mol. The first-order valence-corrected chi connectivity index (χ1v) is 7.81. The summed E-state index contributed by atoms with van der Waals surface area (Å²) in [5.41, 5.74) is 0.963. The highest BCUT2D eigenvalue weighted by Crippen LogP contribution is 2.38. The van der Waals surface area contributed by atoms with Gasteiger partial charge < -0.3 is 0 Å². The van der Waals surface area contributed by atoms with Crippen molar-refractivity contribution in [1.29, 1.82) is 0 Å². The first-order chi connectivity index (χ1) is 8.06. The van der Waals surface area contributed by atoms with Crippen LogP contribution in [0.25, 0.3) is 0 Å². The van der Waals surface area contributed by atoms with Crippen LogP contribution in [0.15, 0.2) is 30.3 Å². The van der Waals surface area contributed by atoms with Crippen molar-refractivity contribution in [3.05, 3.63) is 35.9 Å². The Hall–Kier alpha value is -0.870. The molecule has 1 aliphatic carbocycles. The van der Waals surface area contributed by atoms with E-state index in [4.69, 9.17) is 4.18 Å². The van der Waals surface area contributed by atoms with Gasteiger partial charge in [0.2, 0.25) is 0 Å². The van der Waals surface area contributed by atoms with E-state index in [0.717, 1.165) is 24.7 Å². The predicted octanol–water partition coefficient (Wildman–Crippen LogP) is 2.89. The van der Waals surface area contributed by atoms with E-state index in [9.17, 15) is 8.42 Å². The van der Waals surface area contributed by atoms with Crippen LogP contribution < -0.4 is 0 Å². The van der Waals surface area contributed by atoms with Gasteiger partial charge in [0.05, 0.1) is 6.26 Å². The molecule has 1 fully saturated rings. The standard InChI is InChI=1S/C13H18O3S/c1-17(14,15)16-13(12-9-5-6-10-12)11-7-3-2-4-8-11/h2-4,7-8,12-13H,5-6,9-10H2,1H3. The van der Waals surface area contributed by atoms with Crippen molar-refractivity contribution in [2.45, 2.75) is 31.8 Å². The second-order valence-corrected chi connectivity index (χ2v) is 6.28. The summed E-state index contributed by atoms with van der Waals surface area (Å²) in [6.07, 6.45) is 5.25. The molecule has 0 spiro atoms. The number of benzene rings is 1. The fraction of sp³-hybridized carbons (Fsp3) is 0.538. The van der Waals surface area contributed by atoms with Gasteiger partial charge in [0, 0.05) is 0 Å². The summed E-state index contributed by atoms with van der Waals surface area (Å²) in [6.45, 7) is 0. The summed E-state index contributed by atoms with van der Waals surface area (Å²) in [7, 11) is -3.41. The molecule has 0 aliphatic heterocycles. The number of hydrogen-bond acceptors (Lipinski definition) is 3. The van der Waals surface area contributed by atoms with E-state index in [1.807, 2.05) is 30.3 Å².